The number of sulfonamides is 1. The molecule has 0 aliphatic heterocycles. The number of aromatic nitrogens is 1. The number of hydrogen-bond donors (Lipinski definition) is 3. The molecule has 0 unspecified atom stereocenters. The molecule has 3 N–H and O–H groups in total. The summed E-state index contributed by atoms with van der Waals surface area (Å²) in [5.74, 6) is -1.02. The number of amides is 1. The number of ketones is 1. The van der Waals surface area contributed by atoms with Crippen LogP contribution in [-0.2, 0) is 23.1 Å². The summed E-state index contributed by atoms with van der Waals surface area (Å²) >= 11 is 0. The van der Waals surface area contributed by atoms with Gasteiger partial charge in [-0.25, -0.2) is 17.5 Å². The van der Waals surface area contributed by atoms with Crippen LogP contribution in [0.25, 0.3) is 0 Å². The molecule has 3 rings (SSSR count). The van der Waals surface area contributed by atoms with Gasteiger partial charge in [-0.1, -0.05) is 24.3 Å². The van der Waals surface area contributed by atoms with Crippen molar-refractivity contribution < 1.29 is 22.4 Å². The average Bonchev–Trinajstić information content (AvgIpc) is 3.22. The van der Waals surface area contributed by atoms with Gasteiger partial charge >= 0.3 is 0 Å². The van der Waals surface area contributed by atoms with Gasteiger partial charge in [0.25, 0.3) is 5.91 Å². The van der Waals surface area contributed by atoms with Crippen LogP contribution in [0.3, 0.4) is 0 Å². The number of Topliss-reactive ketones (excluding diaryl/α,β-unsaturated/α-hetero) is 1. The summed E-state index contributed by atoms with van der Waals surface area (Å²) in [5, 5.41) is 2.67. The van der Waals surface area contributed by atoms with Crippen molar-refractivity contribution in [2.24, 2.45) is 0 Å². The van der Waals surface area contributed by atoms with E-state index < -0.39 is 21.7 Å². The van der Waals surface area contributed by atoms with Crippen molar-refractivity contribution >= 4 is 21.7 Å². The molecule has 0 aliphatic carbocycles. The fourth-order valence-electron chi connectivity index (χ4n) is 2.74. The number of carbonyl (C=O) groups excluding carboxylic acids is 2. The molecule has 0 radical (unpaired) electrons. The van der Waals surface area contributed by atoms with Crippen LogP contribution in [0.4, 0.5) is 4.39 Å². The van der Waals surface area contributed by atoms with Crippen LogP contribution < -0.4 is 10.0 Å². The highest BCUT2D eigenvalue weighted by Crippen LogP contribution is 2.13. The molecule has 0 saturated carbocycles. The first kappa shape index (κ1) is 21.4. The van der Waals surface area contributed by atoms with Gasteiger partial charge in [-0.3, -0.25) is 9.59 Å². The molecule has 1 amide bonds. The standard InChI is InChI=1S/C21H20FN3O4S/c1-14(26)17-10-20(23-13-17)21(27)24-11-16-5-3-7-19(9-16)30(28,29)25-12-15-4-2-6-18(22)8-15/h2-10,13,23,25H,11-12H2,1H3,(H,24,27). The van der Waals surface area contributed by atoms with E-state index in [2.05, 4.69) is 15.0 Å². The highest BCUT2D eigenvalue weighted by Gasteiger charge is 2.15. The summed E-state index contributed by atoms with van der Waals surface area (Å²) in [4.78, 5) is 26.3. The molecule has 3 aromatic rings. The summed E-state index contributed by atoms with van der Waals surface area (Å²) in [6, 6.07) is 13.3. The Labute approximate surface area is 173 Å². The molecule has 1 aromatic heterocycles. The van der Waals surface area contributed by atoms with Crippen molar-refractivity contribution in [2.45, 2.75) is 24.9 Å². The Morgan fingerprint density at radius 3 is 2.37 bits per heavy atom. The lowest BCUT2D eigenvalue weighted by Gasteiger charge is -2.09. The van der Waals surface area contributed by atoms with Crippen molar-refractivity contribution in [3.8, 4) is 0 Å². The number of aromatic amines is 1. The SMILES string of the molecule is CC(=O)c1c[nH]c(C(=O)NCc2cccc(S(=O)(=O)NCc3cccc(F)c3)c2)c1. The number of benzene rings is 2. The van der Waals surface area contributed by atoms with Gasteiger partial charge in [-0.2, -0.15) is 0 Å². The highest BCUT2D eigenvalue weighted by molar-refractivity contribution is 7.89. The fourth-order valence-corrected chi connectivity index (χ4v) is 3.83. The molecule has 7 nitrogen and oxygen atoms in total. The number of nitrogens with one attached hydrogen (secondary N) is 3. The second-order valence-electron chi connectivity index (χ2n) is 6.64. The number of halogens is 1. The van der Waals surface area contributed by atoms with E-state index in [1.54, 1.807) is 18.2 Å². The first-order valence-corrected chi connectivity index (χ1v) is 10.5. The van der Waals surface area contributed by atoms with Gasteiger partial charge in [0.1, 0.15) is 11.5 Å². The molecular formula is C21H20FN3O4S. The van der Waals surface area contributed by atoms with Gasteiger partial charge in [-0.05, 0) is 48.4 Å². The molecule has 0 aliphatic rings. The van der Waals surface area contributed by atoms with Crippen LogP contribution >= 0.6 is 0 Å². The van der Waals surface area contributed by atoms with Crippen molar-refractivity contribution in [1.29, 1.82) is 0 Å². The second-order valence-corrected chi connectivity index (χ2v) is 8.41. The Kier molecular flexibility index (Phi) is 6.43. The largest absolute Gasteiger partial charge is 0.356 e. The van der Waals surface area contributed by atoms with Gasteiger partial charge in [0.15, 0.2) is 5.78 Å². The van der Waals surface area contributed by atoms with E-state index in [9.17, 15) is 22.4 Å². The maximum Gasteiger partial charge on any atom is 0.267 e. The zero-order valence-corrected chi connectivity index (χ0v) is 16.9. The predicted octanol–water partition coefficient (Wildman–Crippen LogP) is 2.76. The molecule has 9 heteroatoms. The minimum absolute atomic E-state index is 0.0318. The number of carbonyl (C=O) groups is 2. The van der Waals surface area contributed by atoms with E-state index >= 15 is 0 Å². The zero-order chi connectivity index (χ0) is 21.7. The predicted molar refractivity (Wildman–Crippen MR) is 109 cm³/mol. The molecule has 0 bridgehead atoms. The number of hydrogen-bond acceptors (Lipinski definition) is 4. The molecule has 1 heterocycles. The van der Waals surface area contributed by atoms with E-state index in [1.165, 1.54) is 49.5 Å². The zero-order valence-electron chi connectivity index (χ0n) is 16.1. The Bertz CT molecular complexity index is 1190. The summed E-state index contributed by atoms with van der Waals surface area (Å²) in [5.41, 5.74) is 1.71. The maximum atomic E-state index is 13.2. The van der Waals surface area contributed by atoms with E-state index in [-0.39, 0.29) is 29.5 Å². The summed E-state index contributed by atoms with van der Waals surface area (Å²) in [6.45, 7) is 1.45. The molecule has 0 fully saturated rings. The van der Waals surface area contributed by atoms with Gasteiger partial charge < -0.3 is 10.3 Å². The van der Waals surface area contributed by atoms with Crippen LogP contribution in [0, 0.1) is 5.82 Å². The third-order valence-electron chi connectivity index (χ3n) is 4.35. The van der Waals surface area contributed by atoms with E-state index in [0.717, 1.165) is 0 Å². The molecular weight excluding hydrogens is 409 g/mol. The third-order valence-corrected chi connectivity index (χ3v) is 5.75. The minimum atomic E-state index is -3.82. The van der Waals surface area contributed by atoms with Crippen molar-refractivity contribution in [3.63, 3.8) is 0 Å². The Morgan fingerprint density at radius 1 is 1.00 bits per heavy atom. The summed E-state index contributed by atoms with van der Waals surface area (Å²) in [6.07, 6.45) is 1.45. The highest BCUT2D eigenvalue weighted by atomic mass is 32.2. The normalized spacial score (nSPS) is 11.3. The fraction of sp³-hybridized carbons (Fsp3) is 0.143. The minimum Gasteiger partial charge on any atom is -0.356 e. The lowest BCUT2D eigenvalue weighted by molar-refractivity contribution is 0.0946. The van der Waals surface area contributed by atoms with Crippen molar-refractivity contribution in [3.05, 3.63) is 89.0 Å². The Hall–Kier alpha value is -3.30. The number of rotatable bonds is 8. The number of H-pyrrole nitrogens is 1. The first-order valence-electron chi connectivity index (χ1n) is 9.05. The van der Waals surface area contributed by atoms with Crippen LogP contribution in [0.1, 0.15) is 38.9 Å². The van der Waals surface area contributed by atoms with E-state index in [1.807, 2.05) is 0 Å². The third kappa shape index (κ3) is 5.40. The van der Waals surface area contributed by atoms with Gasteiger partial charge in [0, 0.05) is 24.8 Å². The quantitative estimate of drug-likeness (QED) is 0.479. The average molecular weight is 429 g/mol. The molecule has 2 aromatic carbocycles. The van der Waals surface area contributed by atoms with Crippen molar-refractivity contribution in [1.82, 2.24) is 15.0 Å². The summed E-state index contributed by atoms with van der Waals surface area (Å²) < 4.78 is 40.8. The Morgan fingerprint density at radius 2 is 1.70 bits per heavy atom. The molecule has 156 valence electrons. The van der Waals surface area contributed by atoms with Crippen LogP contribution in [-0.4, -0.2) is 25.1 Å². The molecule has 0 atom stereocenters. The van der Waals surface area contributed by atoms with Gasteiger partial charge in [-0.15, -0.1) is 0 Å². The van der Waals surface area contributed by atoms with Gasteiger partial charge in [0.05, 0.1) is 4.90 Å². The lowest BCUT2D eigenvalue weighted by Crippen LogP contribution is -2.25. The maximum absolute atomic E-state index is 13.2. The van der Waals surface area contributed by atoms with E-state index in [4.69, 9.17) is 0 Å². The molecule has 0 saturated heterocycles. The van der Waals surface area contributed by atoms with Crippen LogP contribution in [0.5, 0.6) is 0 Å². The topological polar surface area (TPSA) is 108 Å². The molecule has 30 heavy (non-hydrogen) atoms. The Balaban J connectivity index is 1.64. The second kappa shape index (κ2) is 9.02. The van der Waals surface area contributed by atoms with Gasteiger partial charge in [0.2, 0.25) is 10.0 Å². The van der Waals surface area contributed by atoms with Crippen LogP contribution in [0.2, 0.25) is 0 Å². The monoisotopic (exact) mass is 429 g/mol. The molecule has 0 spiro atoms. The summed E-state index contributed by atoms with van der Waals surface area (Å²) in [7, 11) is -3.82. The van der Waals surface area contributed by atoms with Crippen LogP contribution in [0.15, 0.2) is 65.7 Å². The lowest BCUT2D eigenvalue weighted by atomic mass is 10.2. The smallest absolute Gasteiger partial charge is 0.267 e. The van der Waals surface area contributed by atoms with Crippen molar-refractivity contribution in [2.75, 3.05) is 0 Å². The first-order chi connectivity index (χ1) is 14.2. The van der Waals surface area contributed by atoms with E-state index in [0.29, 0.717) is 16.7 Å².